The molecule has 1 aromatic rings. The highest BCUT2D eigenvalue weighted by molar-refractivity contribution is 6.30. The first-order valence-electron chi connectivity index (χ1n) is 6.02. The largest absolute Gasteiger partial charge is 0.316 e. The Bertz CT molecular complexity index is 384. The van der Waals surface area contributed by atoms with Crippen molar-refractivity contribution in [1.82, 2.24) is 10.2 Å². The van der Waals surface area contributed by atoms with Crippen LogP contribution in [-0.4, -0.2) is 31.1 Å². The monoisotopic (exact) mass is 256 g/mol. The number of benzene rings is 1. The van der Waals surface area contributed by atoms with Crippen LogP contribution < -0.4 is 5.32 Å². The van der Waals surface area contributed by atoms with Crippen LogP contribution >= 0.6 is 11.6 Å². The van der Waals surface area contributed by atoms with Crippen molar-refractivity contribution < 1.29 is 4.39 Å². The van der Waals surface area contributed by atoms with Gasteiger partial charge in [0.1, 0.15) is 5.82 Å². The van der Waals surface area contributed by atoms with Crippen molar-refractivity contribution >= 4 is 11.6 Å². The Morgan fingerprint density at radius 2 is 2.35 bits per heavy atom. The highest BCUT2D eigenvalue weighted by Gasteiger charge is 2.18. The molecule has 2 rings (SSSR count). The third-order valence-electron chi connectivity index (χ3n) is 3.30. The van der Waals surface area contributed by atoms with E-state index >= 15 is 0 Å². The van der Waals surface area contributed by atoms with E-state index in [0.717, 1.165) is 25.2 Å². The fraction of sp³-hybridized carbons (Fsp3) is 0.538. The summed E-state index contributed by atoms with van der Waals surface area (Å²) in [6.07, 6.45) is 2.44. The Morgan fingerprint density at radius 1 is 1.53 bits per heavy atom. The van der Waals surface area contributed by atoms with Crippen molar-refractivity contribution in [2.75, 3.05) is 20.1 Å². The van der Waals surface area contributed by atoms with E-state index in [1.54, 1.807) is 6.07 Å². The lowest BCUT2D eigenvalue weighted by Gasteiger charge is -2.32. The summed E-state index contributed by atoms with van der Waals surface area (Å²) in [5.74, 6) is -0.345. The van der Waals surface area contributed by atoms with E-state index in [1.165, 1.54) is 18.9 Å². The molecular formula is C13H18ClFN2. The predicted octanol–water partition coefficient (Wildman–Crippen LogP) is 2.66. The van der Waals surface area contributed by atoms with Gasteiger partial charge in [-0.1, -0.05) is 17.7 Å². The van der Waals surface area contributed by atoms with Crippen LogP contribution in [0.25, 0.3) is 0 Å². The van der Waals surface area contributed by atoms with Crippen LogP contribution in [0.3, 0.4) is 0 Å². The Morgan fingerprint density at radius 3 is 3.06 bits per heavy atom. The Labute approximate surface area is 107 Å². The molecule has 94 valence electrons. The topological polar surface area (TPSA) is 15.3 Å². The second-order valence-electron chi connectivity index (χ2n) is 4.61. The fourth-order valence-corrected chi connectivity index (χ4v) is 2.53. The van der Waals surface area contributed by atoms with Gasteiger partial charge in [-0.05, 0) is 44.1 Å². The second-order valence-corrected chi connectivity index (χ2v) is 5.02. The zero-order valence-electron chi connectivity index (χ0n) is 10.0. The molecule has 1 aliphatic heterocycles. The summed E-state index contributed by atoms with van der Waals surface area (Å²) < 4.78 is 13.0. The van der Waals surface area contributed by atoms with E-state index in [2.05, 4.69) is 10.2 Å². The summed E-state index contributed by atoms with van der Waals surface area (Å²) in [4.78, 5) is 2.38. The van der Waals surface area contributed by atoms with Crippen LogP contribution in [-0.2, 0) is 6.54 Å². The van der Waals surface area contributed by atoms with Gasteiger partial charge in [-0.3, -0.25) is 4.90 Å². The predicted molar refractivity (Wildman–Crippen MR) is 68.8 cm³/mol. The van der Waals surface area contributed by atoms with Gasteiger partial charge in [0, 0.05) is 19.1 Å². The minimum absolute atomic E-state index is 0.213. The van der Waals surface area contributed by atoms with Crippen molar-refractivity contribution in [1.29, 1.82) is 0 Å². The Hall–Kier alpha value is -0.640. The van der Waals surface area contributed by atoms with Gasteiger partial charge in [0.15, 0.2) is 0 Å². The zero-order valence-corrected chi connectivity index (χ0v) is 10.8. The standard InChI is InChI=1S/C13H18ClFN2/c1-16-11-3-2-6-17(9-11)8-10-4-5-13(15)12(14)7-10/h4-5,7,11,16H,2-3,6,8-9H2,1H3. The number of likely N-dealkylation sites (N-methyl/N-ethyl adjacent to an activating group) is 1. The molecule has 0 radical (unpaired) electrons. The van der Waals surface area contributed by atoms with Gasteiger partial charge in [0.05, 0.1) is 5.02 Å². The molecule has 0 aliphatic carbocycles. The number of likely N-dealkylation sites (tertiary alicyclic amines) is 1. The number of rotatable bonds is 3. The molecule has 1 N–H and O–H groups in total. The van der Waals surface area contributed by atoms with Crippen LogP contribution in [0.2, 0.25) is 5.02 Å². The lowest BCUT2D eigenvalue weighted by Crippen LogP contribution is -2.43. The molecule has 1 aliphatic rings. The van der Waals surface area contributed by atoms with Gasteiger partial charge in [0.2, 0.25) is 0 Å². The van der Waals surface area contributed by atoms with E-state index in [-0.39, 0.29) is 10.8 Å². The lowest BCUT2D eigenvalue weighted by atomic mass is 10.1. The number of hydrogen-bond acceptors (Lipinski definition) is 2. The normalized spacial score (nSPS) is 21.7. The summed E-state index contributed by atoms with van der Waals surface area (Å²) >= 11 is 5.78. The Balaban J connectivity index is 1.97. The van der Waals surface area contributed by atoms with Crippen LogP contribution in [0.1, 0.15) is 18.4 Å². The van der Waals surface area contributed by atoms with Gasteiger partial charge >= 0.3 is 0 Å². The van der Waals surface area contributed by atoms with Crippen molar-refractivity contribution in [3.05, 3.63) is 34.6 Å². The first kappa shape index (κ1) is 12.8. The number of nitrogens with zero attached hydrogens (tertiary/aromatic N) is 1. The van der Waals surface area contributed by atoms with Crippen molar-refractivity contribution in [3.63, 3.8) is 0 Å². The third kappa shape index (κ3) is 3.41. The summed E-state index contributed by atoms with van der Waals surface area (Å²) in [5, 5.41) is 3.53. The van der Waals surface area contributed by atoms with E-state index < -0.39 is 0 Å². The van der Waals surface area contributed by atoms with E-state index in [0.29, 0.717) is 6.04 Å². The van der Waals surface area contributed by atoms with Gasteiger partial charge in [0.25, 0.3) is 0 Å². The minimum Gasteiger partial charge on any atom is -0.316 e. The first-order valence-corrected chi connectivity index (χ1v) is 6.40. The van der Waals surface area contributed by atoms with Crippen LogP contribution in [0.15, 0.2) is 18.2 Å². The second kappa shape index (κ2) is 5.80. The molecule has 17 heavy (non-hydrogen) atoms. The fourth-order valence-electron chi connectivity index (χ4n) is 2.33. The minimum atomic E-state index is -0.345. The van der Waals surface area contributed by atoms with Crippen LogP contribution in [0, 0.1) is 5.82 Å². The average Bonchev–Trinajstić information content (AvgIpc) is 2.34. The summed E-state index contributed by atoms with van der Waals surface area (Å²) in [6.45, 7) is 3.00. The van der Waals surface area contributed by atoms with Crippen LogP contribution in [0.4, 0.5) is 4.39 Å². The van der Waals surface area contributed by atoms with E-state index in [4.69, 9.17) is 11.6 Å². The molecule has 0 aromatic heterocycles. The molecule has 1 saturated heterocycles. The van der Waals surface area contributed by atoms with Gasteiger partial charge in [-0.15, -0.1) is 0 Å². The SMILES string of the molecule is CNC1CCCN(Cc2ccc(F)c(Cl)c2)C1. The number of halogens is 2. The maximum absolute atomic E-state index is 13.0. The van der Waals surface area contributed by atoms with E-state index in [9.17, 15) is 4.39 Å². The molecule has 1 fully saturated rings. The highest BCUT2D eigenvalue weighted by Crippen LogP contribution is 2.19. The van der Waals surface area contributed by atoms with Crippen LogP contribution in [0.5, 0.6) is 0 Å². The molecule has 1 aromatic carbocycles. The van der Waals surface area contributed by atoms with Crippen molar-refractivity contribution in [2.24, 2.45) is 0 Å². The number of hydrogen-bond donors (Lipinski definition) is 1. The average molecular weight is 257 g/mol. The molecule has 1 unspecified atom stereocenters. The quantitative estimate of drug-likeness (QED) is 0.895. The molecular weight excluding hydrogens is 239 g/mol. The molecule has 2 nitrogen and oxygen atoms in total. The molecule has 0 saturated carbocycles. The summed E-state index contributed by atoms with van der Waals surface area (Å²) in [7, 11) is 2.00. The van der Waals surface area contributed by atoms with Crippen molar-refractivity contribution in [2.45, 2.75) is 25.4 Å². The molecule has 0 spiro atoms. The van der Waals surface area contributed by atoms with Gasteiger partial charge < -0.3 is 5.32 Å². The molecule has 4 heteroatoms. The van der Waals surface area contributed by atoms with Gasteiger partial charge in [-0.25, -0.2) is 4.39 Å². The van der Waals surface area contributed by atoms with Crippen molar-refractivity contribution in [3.8, 4) is 0 Å². The third-order valence-corrected chi connectivity index (χ3v) is 3.59. The lowest BCUT2D eigenvalue weighted by molar-refractivity contribution is 0.188. The molecule has 0 bridgehead atoms. The van der Waals surface area contributed by atoms with Gasteiger partial charge in [-0.2, -0.15) is 0 Å². The summed E-state index contributed by atoms with van der Waals surface area (Å²) in [6, 6.07) is 5.54. The smallest absolute Gasteiger partial charge is 0.141 e. The Kier molecular flexibility index (Phi) is 4.37. The highest BCUT2D eigenvalue weighted by atomic mass is 35.5. The number of nitrogens with one attached hydrogen (secondary N) is 1. The number of piperidine rings is 1. The zero-order chi connectivity index (χ0) is 12.3. The van der Waals surface area contributed by atoms with E-state index in [1.807, 2.05) is 13.1 Å². The first-order chi connectivity index (χ1) is 8.19. The molecule has 0 amide bonds. The maximum Gasteiger partial charge on any atom is 0.141 e. The maximum atomic E-state index is 13.0. The summed E-state index contributed by atoms with van der Waals surface area (Å²) in [5.41, 5.74) is 1.08. The molecule has 1 heterocycles. The molecule has 1 atom stereocenters.